The Kier molecular flexibility index (Phi) is 0.660. The standard InChI is InChI=1S/C5H7O2S/c6-8(7)2-4-1-5(4)3-8/h1,4-5H,2-3H2. The number of rotatable bonds is 0. The maximum atomic E-state index is 10.7. The summed E-state index contributed by atoms with van der Waals surface area (Å²) in [4.78, 5) is 0. The predicted molar refractivity (Wildman–Crippen MR) is 29.9 cm³/mol. The van der Waals surface area contributed by atoms with Crippen molar-refractivity contribution in [2.75, 3.05) is 11.5 Å². The summed E-state index contributed by atoms with van der Waals surface area (Å²) >= 11 is 0. The second kappa shape index (κ2) is 1.10. The third-order valence-corrected chi connectivity index (χ3v) is 3.58. The molecule has 2 atom stereocenters. The summed E-state index contributed by atoms with van der Waals surface area (Å²) in [5, 5.41) is 0. The summed E-state index contributed by atoms with van der Waals surface area (Å²) < 4.78 is 21.3. The Bertz CT molecular complexity index is 188. The number of hydrogen-bond donors (Lipinski definition) is 0. The van der Waals surface area contributed by atoms with Crippen molar-refractivity contribution in [3.8, 4) is 0 Å². The van der Waals surface area contributed by atoms with Crippen molar-refractivity contribution in [3.63, 3.8) is 0 Å². The lowest BCUT2D eigenvalue weighted by atomic mass is 10.4. The highest BCUT2D eigenvalue weighted by molar-refractivity contribution is 7.91. The van der Waals surface area contributed by atoms with Crippen LogP contribution in [0.1, 0.15) is 0 Å². The van der Waals surface area contributed by atoms with Gasteiger partial charge in [-0.25, -0.2) is 8.42 Å². The van der Waals surface area contributed by atoms with Crippen LogP contribution in [-0.4, -0.2) is 19.9 Å². The van der Waals surface area contributed by atoms with Crippen LogP contribution in [0.5, 0.6) is 0 Å². The smallest absolute Gasteiger partial charge is 0.150 e. The minimum absolute atomic E-state index is 0.428. The second-order valence-corrected chi connectivity index (χ2v) is 4.75. The first-order valence-electron chi connectivity index (χ1n) is 2.73. The van der Waals surface area contributed by atoms with E-state index in [-0.39, 0.29) is 0 Å². The third kappa shape index (κ3) is 0.573. The fourth-order valence-electron chi connectivity index (χ4n) is 1.27. The molecule has 2 nitrogen and oxygen atoms in total. The first kappa shape index (κ1) is 4.79. The van der Waals surface area contributed by atoms with Gasteiger partial charge in [0.05, 0.1) is 11.5 Å². The SMILES string of the molecule is O=S1(=O)CC2[CH]C2C1. The molecule has 0 N–H and O–H groups in total. The van der Waals surface area contributed by atoms with Gasteiger partial charge in [0.25, 0.3) is 0 Å². The normalized spacial score (nSPS) is 48.5. The zero-order chi connectivity index (χ0) is 5.78. The molecule has 2 rings (SSSR count). The summed E-state index contributed by atoms with van der Waals surface area (Å²) in [5.74, 6) is 1.75. The average molecular weight is 131 g/mol. The van der Waals surface area contributed by atoms with Crippen LogP contribution in [0.3, 0.4) is 0 Å². The molecule has 1 saturated carbocycles. The van der Waals surface area contributed by atoms with E-state index in [4.69, 9.17) is 0 Å². The van der Waals surface area contributed by atoms with E-state index in [9.17, 15) is 8.42 Å². The van der Waals surface area contributed by atoms with Crippen LogP contribution >= 0.6 is 0 Å². The molecule has 0 amide bonds. The van der Waals surface area contributed by atoms with Gasteiger partial charge >= 0.3 is 0 Å². The van der Waals surface area contributed by atoms with Gasteiger partial charge < -0.3 is 0 Å². The lowest BCUT2D eigenvalue weighted by Crippen LogP contribution is -2.05. The van der Waals surface area contributed by atoms with Crippen LogP contribution in [0.2, 0.25) is 0 Å². The van der Waals surface area contributed by atoms with Crippen molar-refractivity contribution in [3.05, 3.63) is 6.42 Å². The zero-order valence-corrected chi connectivity index (χ0v) is 5.19. The van der Waals surface area contributed by atoms with Crippen LogP contribution < -0.4 is 0 Å². The maximum Gasteiger partial charge on any atom is 0.150 e. The summed E-state index contributed by atoms with van der Waals surface area (Å²) in [7, 11) is -2.58. The highest BCUT2D eigenvalue weighted by Gasteiger charge is 2.49. The van der Waals surface area contributed by atoms with Crippen molar-refractivity contribution < 1.29 is 8.42 Å². The topological polar surface area (TPSA) is 34.1 Å². The van der Waals surface area contributed by atoms with E-state index in [1.54, 1.807) is 0 Å². The highest BCUT2D eigenvalue weighted by Crippen LogP contribution is 2.44. The largest absolute Gasteiger partial charge is 0.229 e. The number of fused-ring (bicyclic) bond motifs is 1. The Balaban J connectivity index is 2.30. The van der Waals surface area contributed by atoms with E-state index in [1.165, 1.54) is 0 Å². The first-order valence-corrected chi connectivity index (χ1v) is 4.55. The van der Waals surface area contributed by atoms with E-state index in [1.807, 2.05) is 0 Å². The van der Waals surface area contributed by atoms with E-state index < -0.39 is 9.84 Å². The molecule has 2 unspecified atom stereocenters. The molecule has 8 heavy (non-hydrogen) atoms. The summed E-state index contributed by atoms with van der Waals surface area (Å²) in [5.41, 5.74) is 0. The van der Waals surface area contributed by atoms with Crippen molar-refractivity contribution in [2.45, 2.75) is 0 Å². The Hall–Kier alpha value is -0.0500. The van der Waals surface area contributed by atoms with Crippen LogP contribution in [0.15, 0.2) is 0 Å². The van der Waals surface area contributed by atoms with Crippen LogP contribution in [0.4, 0.5) is 0 Å². The Morgan fingerprint density at radius 1 is 1.25 bits per heavy atom. The van der Waals surface area contributed by atoms with Gasteiger partial charge in [-0.3, -0.25) is 0 Å². The fourth-order valence-corrected chi connectivity index (χ4v) is 3.29. The molecule has 0 bridgehead atoms. The molecular weight excluding hydrogens is 124 g/mol. The Morgan fingerprint density at radius 3 is 2.00 bits per heavy atom. The predicted octanol–water partition coefficient (Wildman–Crippen LogP) is -0.135. The summed E-state index contributed by atoms with van der Waals surface area (Å²) in [6.07, 6.45) is 2.11. The monoisotopic (exact) mass is 131 g/mol. The number of sulfone groups is 1. The average Bonchev–Trinajstić information content (AvgIpc) is 2.11. The van der Waals surface area contributed by atoms with Gasteiger partial charge in [0.2, 0.25) is 0 Å². The molecule has 1 radical (unpaired) electrons. The van der Waals surface area contributed by atoms with Crippen LogP contribution in [0.25, 0.3) is 0 Å². The molecule has 0 spiro atoms. The molecule has 2 fully saturated rings. The molecule has 0 aromatic heterocycles. The molecule has 2 aliphatic rings. The summed E-state index contributed by atoms with van der Waals surface area (Å²) in [6, 6.07) is 0. The lowest BCUT2D eigenvalue weighted by Gasteiger charge is -1.89. The first-order chi connectivity index (χ1) is 3.67. The van der Waals surface area contributed by atoms with Crippen molar-refractivity contribution >= 4 is 9.84 Å². The van der Waals surface area contributed by atoms with Crippen molar-refractivity contribution in [1.82, 2.24) is 0 Å². The molecule has 1 aliphatic heterocycles. The minimum atomic E-state index is -2.58. The van der Waals surface area contributed by atoms with Gasteiger partial charge in [0, 0.05) is 0 Å². The minimum Gasteiger partial charge on any atom is -0.229 e. The molecule has 1 saturated heterocycles. The highest BCUT2D eigenvalue weighted by atomic mass is 32.2. The van der Waals surface area contributed by atoms with E-state index in [2.05, 4.69) is 6.42 Å². The van der Waals surface area contributed by atoms with Crippen molar-refractivity contribution in [2.24, 2.45) is 11.8 Å². The molecule has 1 aliphatic carbocycles. The van der Waals surface area contributed by atoms with Crippen LogP contribution in [0, 0.1) is 18.3 Å². The van der Waals surface area contributed by atoms with Gasteiger partial charge in [-0.15, -0.1) is 0 Å². The van der Waals surface area contributed by atoms with Gasteiger partial charge in [-0.05, 0) is 18.3 Å². The van der Waals surface area contributed by atoms with Gasteiger partial charge in [0.1, 0.15) is 0 Å². The van der Waals surface area contributed by atoms with E-state index in [0.717, 1.165) is 0 Å². The number of hydrogen-bond acceptors (Lipinski definition) is 2. The lowest BCUT2D eigenvalue weighted by molar-refractivity contribution is 0.599. The Morgan fingerprint density at radius 2 is 1.75 bits per heavy atom. The van der Waals surface area contributed by atoms with Crippen LogP contribution in [-0.2, 0) is 9.84 Å². The molecule has 0 aromatic rings. The van der Waals surface area contributed by atoms with E-state index in [0.29, 0.717) is 23.3 Å². The Labute approximate surface area is 48.8 Å². The zero-order valence-electron chi connectivity index (χ0n) is 4.37. The molecule has 3 heteroatoms. The van der Waals surface area contributed by atoms with Gasteiger partial charge in [-0.1, -0.05) is 0 Å². The van der Waals surface area contributed by atoms with Gasteiger partial charge in [0.15, 0.2) is 9.84 Å². The maximum absolute atomic E-state index is 10.7. The third-order valence-electron chi connectivity index (χ3n) is 1.80. The summed E-state index contributed by atoms with van der Waals surface area (Å²) in [6.45, 7) is 0. The van der Waals surface area contributed by atoms with E-state index >= 15 is 0 Å². The molecule has 0 aromatic carbocycles. The van der Waals surface area contributed by atoms with Crippen molar-refractivity contribution in [1.29, 1.82) is 0 Å². The quantitative estimate of drug-likeness (QED) is 0.458. The molecule has 45 valence electrons. The second-order valence-electron chi connectivity index (χ2n) is 2.60. The van der Waals surface area contributed by atoms with Gasteiger partial charge in [-0.2, -0.15) is 0 Å². The molecule has 1 heterocycles. The fraction of sp³-hybridized carbons (Fsp3) is 0.800. The molecular formula is C5H7O2S.